The highest BCUT2D eigenvalue weighted by Gasteiger charge is 2.38. The van der Waals surface area contributed by atoms with E-state index >= 15 is 0 Å². The molecular formula is C14H8Cl4O. The van der Waals surface area contributed by atoms with Crippen LogP contribution in [-0.2, 0) is 4.33 Å². The minimum atomic E-state index is -1.77. The summed E-state index contributed by atoms with van der Waals surface area (Å²) < 4.78 is -1.77. The van der Waals surface area contributed by atoms with Crippen LogP contribution in [0.3, 0.4) is 0 Å². The average molecular weight is 334 g/mol. The molecule has 0 fully saturated rings. The third kappa shape index (κ3) is 3.06. The van der Waals surface area contributed by atoms with Crippen molar-refractivity contribution in [3.05, 3.63) is 69.7 Å². The Labute approximate surface area is 131 Å². The second kappa shape index (κ2) is 5.72. The molecule has 2 aromatic rings. The van der Waals surface area contributed by atoms with E-state index in [2.05, 4.69) is 0 Å². The molecule has 19 heavy (non-hydrogen) atoms. The van der Waals surface area contributed by atoms with E-state index in [4.69, 9.17) is 46.4 Å². The maximum absolute atomic E-state index is 12.4. The highest BCUT2D eigenvalue weighted by Crippen LogP contribution is 2.41. The zero-order valence-electron chi connectivity index (χ0n) is 9.54. The van der Waals surface area contributed by atoms with Gasteiger partial charge in [0, 0.05) is 21.2 Å². The fraction of sp³-hybridized carbons (Fsp3) is 0.0714. The monoisotopic (exact) mass is 332 g/mol. The van der Waals surface area contributed by atoms with Gasteiger partial charge >= 0.3 is 0 Å². The number of ketones is 1. The van der Waals surface area contributed by atoms with Crippen molar-refractivity contribution in [2.24, 2.45) is 0 Å². The number of rotatable bonds is 3. The Morgan fingerprint density at radius 1 is 0.947 bits per heavy atom. The summed E-state index contributed by atoms with van der Waals surface area (Å²) >= 11 is 24.3. The number of carbonyl (C=O) groups excluding carboxylic acids is 1. The third-order valence-electron chi connectivity index (χ3n) is 2.59. The molecule has 0 radical (unpaired) electrons. The Morgan fingerprint density at radius 3 is 2.21 bits per heavy atom. The number of halogens is 4. The molecule has 0 unspecified atom stereocenters. The van der Waals surface area contributed by atoms with Crippen LogP contribution in [0.5, 0.6) is 0 Å². The molecule has 0 aromatic heterocycles. The van der Waals surface area contributed by atoms with E-state index in [1.165, 1.54) is 6.07 Å². The van der Waals surface area contributed by atoms with Gasteiger partial charge in [0.25, 0.3) is 0 Å². The molecule has 0 saturated heterocycles. The topological polar surface area (TPSA) is 17.1 Å². The summed E-state index contributed by atoms with van der Waals surface area (Å²) in [5.41, 5.74) is 0.683. The van der Waals surface area contributed by atoms with Crippen LogP contribution in [0.15, 0.2) is 48.5 Å². The van der Waals surface area contributed by atoms with E-state index in [-0.39, 0.29) is 5.56 Å². The van der Waals surface area contributed by atoms with Crippen molar-refractivity contribution in [1.29, 1.82) is 0 Å². The van der Waals surface area contributed by atoms with Crippen molar-refractivity contribution in [2.75, 3.05) is 0 Å². The first-order chi connectivity index (χ1) is 8.93. The maximum Gasteiger partial charge on any atom is 0.206 e. The van der Waals surface area contributed by atoms with Gasteiger partial charge in [-0.25, -0.2) is 0 Å². The maximum atomic E-state index is 12.4. The smallest absolute Gasteiger partial charge is 0.206 e. The minimum Gasteiger partial charge on any atom is -0.290 e. The molecule has 0 atom stereocenters. The summed E-state index contributed by atoms with van der Waals surface area (Å²) in [5, 5.41) is 0.699. The van der Waals surface area contributed by atoms with Gasteiger partial charge in [-0.05, 0) is 18.2 Å². The molecule has 0 heterocycles. The first-order valence-electron chi connectivity index (χ1n) is 5.36. The van der Waals surface area contributed by atoms with Crippen LogP contribution in [0.2, 0.25) is 10.0 Å². The zero-order valence-corrected chi connectivity index (χ0v) is 12.6. The summed E-state index contributed by atoms with van der Waals surface area (Å²) in [5.74, 6) is -0.444. The van der Waals surface area contributed by atoms with Crippen LogP contribution in [0, 0.1) is 0 Å². The fourth-order valence-electron chi connectivity index (χ4n) is 1.63. The van der Waals surface area contributed by atoms with Crippen LogP contribution >= 0.6 is 46.4 Å². The summed E-state index contributed by atoms with van der Waals surface area (Å²) in [4.78, 5) is 12.4. The second-order valence-electron chi connectivity index (χ2n) is 3.89. The zero-order chi connectivity index (χ0) is 14.0. The second-order valence-corrected chi connectivity index (χ2v) is 6.06. The Morgan fingerprint density at radius 2 is 1.58 bits per heavy atom. The van der Waals surface area contributed by atoms with E-state index in [1.807, 2.05) is 0 Å². The first-order valence-corrected chi connectivity index (χ1v) is 6.87. The van der Waals surface area contributed by atoms with Crippen LogP contribution in [0.4, 0.5) is 0 Å². The molecule has 0 saturated carbocycles. The van der Waals surface area contributed by atoms with E-state index in [1.54, 1.807) is 42.5 Å². The number of alkyl halides is 2. The lowest BCUT2D eigenvalue weighted by Gasteiger charge is -2.20. The van der Waals surface area contributed by atoms with Crippen molar-refractivity contribution in [3.63, 3.8) is 0 Å². The molecule has 98 valence electrons. The van der Waals surface area contributed by atoms with Crippen molar-refractivity contribution in [2.45, 2.75) is 4.33 Å². The summed E-state index contributed by atoms with van der Waals surface area (Å²) in [6.07, 6.45) is 0. The molecule has 2 rings (SSSR count). The van der Waals surface area contributed by atoms with Crippen LogP contribution in [-0.4, -0.2) is 5.78 Å². The van der Waals surface area contributed by atoms with Crippen molar-refractivity contribution in [1.82, 2.24) is 0 Å². The molecule has 0 aliphatic heterocycles. The first kappa shape index (κ1) is 14.7. The van der Waals surface area contributed by atoms with Crippen molar-refractivity contribution < 1.29 is 4.79 Å². The van der Waals surface area contributed by atoms with Gasteiger partial charge in [0.15, 0.2) is 0 Å². The van der Waals surface area contributed by atoms with Crippen LogP contribution in [0.1, 0.15) is 15.9 Å². The van der Waals surface area contributed by atoms with Gasteiger partial charge in [0.1, 0.15) is 0 Å². The highest BCUT2D eigenvalue weighted by atomic mass is 35.5. The summed E-state index contributed by atoms with van der Waals surface area (Å²) in [6, 6.07) is 13.2. The number of benzene rings is 2. The SMILES string of the molecule is O=C(c1ccccc1)C(Cl)(Cl)c1cc(Cl)ccc1Cl. The molecule has 1 nitrogen and oxygen atoms in total. The molecular weight excluding hydrogens is 326 g/mol. The van der Waals surface area contributed by atoms with Gasteiger partial charge in [0.05, 0.1) is 0 Å². The summed E-state index contributed by atoms with van der Waals surface area (Å²) in [7, 11) is 0. The largest absolute Gasteiger partial charge is 0.290 e. The Balaban J connectivity index is 2.47. The predicted octanol–water partition coefficient (Wildman–Crippen LogP) is 5.51. The summed E-state index contributed by atoms with van der Waals surface area (Å²) in [6.45, 7) is 0. The lowest BCUT2D eigenvalue weighted by molar-refractivity contribution is 0.0972. The van der Waals surface area contributed by atoms with E-state index in [0.29, 0.717) is 15.6 Å². The highest BCUT2D eigenvalue weighted by molar-refractivity contribution is 6.60. The quantitative estimate of drug-likeness (QED) is 0.535. The standard InChI is InChI=1S/C14H8Cl4O/c15-10-6-7-12(16)11(8-10)14(17,18)13(19)9-4-2-1-3-5-9/h1-8H. The van der Waals surface area contributed by atoms with Gasteiger partial charge in [0.2, 0.25) is 10.1 Å². The lowest BCUT2D eigenvalue weighted by Crippen LogP contribution is -2.24. The number of hydrogen-bond acceptors (Lipinski definition) is 1. The Kier molecular flexibility index (Phi) is 4.42. The van der Waals surface area contributed by atoms with E-state index in [9.17, 15) is 4.79 Å². The van der Waals surface area contributed by atoms with Gasteiger partial charge in [-0.15, -0.1) is 0 Å². The van der Waals surface area contributed by atoms with Gasteiger partial charge in [-0.2, -0.15) is 0 Å². The molecule has 0 spiro atoms. The van der Waals surface area contributed by atoms with Gasteiger partial charge in [-0.1, -0.05) is 76.7 Å². The van der Waals surface area contributed by atoms with E-state index < -0.39 is 10.1 Å². The molecule has 2 aromatic carbocycles. The van der Waals surface area contributed by atoms with E-state index in [0.717, 1.165) is 0 Å². The molecule has 0 N–H and O–H groups in total. The lowest BCUT2D eigenvalue weighted by atomic mass is 10.0. The molecule has 5 heteroatoms. The van der Waals surface area contributed by atoms with Gasteiger partial charge < -0.3 is 0 Å². The average Bonchev–Trinajstić information content (AvgIpc) is 2.41. The molecule has 0 aliphatic carbocycles. The molecule has 0 amide bonds. The molecule has 0 aliphatic rings. The number of carbonyl (C=O) groups is 1. The number of Topliss-reactive ketones (excluding diaryl/α,β-unsaturated/α-hetero) is 1. The third-order valence-corrected chi connectivity index (χ3v) is 3.90. The molecule has 0 bridgehead atoms. The number of hydrogen-bond donors (Lipinski definition) is 0. The minimum absolute atomic E-state index is 0.277. The fourth-order valence-corrected chi connectivity index (χ4v) is 2.69. The van der Waals surface area contributed by atoms with Crippen molar-refractivity contribution in [3.8, 4) is 0 Å². The Hall–Kier alpha value is -0.730. The van der Waals surface area contributed by atoms with Crippen LogP contribution in [0.25, 0.3) is 0 Å². The predicted molar refractivity (Wildman–Crippen MR) is 80.6 cm³/mol. The van der Waals surface area contributed by atoms with Crippen molar-refractivity contribution >= 4 is 52.2 Å². The van der Waals surface area contributed by atoms with Crippen LogP contribution < -0.4 is 0 Å². The Bertz CT molecular complexity index is 608. The van der Waals surface area contributed by atoms with Gasteiger partial charge in [-0.3, -0.25) is 4.79 Å². The normalized spacial score (nSPS) is 11.4.